The van der Waals surface area contributed by atoms with Gasteiger partial charge >= 0.3 is 0 Å². The molecule has 1 aliphatic rings. The van der Waals surface area contributed by atoms with E-state index in [-0.39, 0.29) is 12.0 Å². The van der Waals surface area contributed by atoms with Gasteiger partial charge in [0.05, 0.1) is 0 Å². The lowest BCUT2D eigenvalue weighted by molar-refractivity contribution is -0.128. The number of carbonyl (C=O) groups is 1. The van der Waals surface area contributed by atoms with Gasteiger partial charge in [-0.3, -0.25) is 4.79 Å². The van der Waals surface area contributed by atoms with Gasteiger partial charge in [-0.2, -0.15) is 0 Å². The van der Waals surface area contributed by atoms with Crippen LogP contribution in [0.2, 0.25) is 0 Å². The van der Waals surface area contributed by atoms with Gasteiger partial charge in [0.15, 0.2) is 11.5 Å². The first-order chi connectivity index (χ1) is 12.1. The molecule has 1 amide bonds. The molecule has 3 rings (SSSR count). The molecule has 25 heavy (non-hydrogen) atoms. The van der Waals surface area contributed by atoms with Crippen molar-refractivity contribution < 1.29 is 14.3 Å². The molecule has 2 aromatic carbocycles. The first kappa shape index (κ1) is 17.1. The fraction of sp³-hybridized carbons (Fsp3) is 0.350. The summed E-state index contributed by atoms with van der Waals surface area (Å²) in [6.07, 6.45) is -1.04. The van der Waals surface area contributed by atoms with E-state index >= 15 is 0 Å². The van der Waals surface area contributed by atoms with E-state index in [0.717, 1.165) is 24.5 Å². The summed E-state index contributed by atoms with van der Waals surface area (Å²) in [6.45, 7) is 7.99. The first-order valence-corrected chi connectivity index (χ1v) is 8.70. The Labute approximate surface area is 148 Å². The number of nitrogens with one attached hydrogen (secondary N) is 1. The highest BCUT2D eigenvalue weighted by Crippen LogP contribution is 2.33. The second-order valence-electron chi connectivity index (χ2n) is 6.02. The molecule has 2 aromatic rings. The van der Waals surface area contributed by atoms with Gasteiger partial charge in [0.2, 0.25) is 6.10 Å². The third-order valence-corrected chi connectivity index (χ3v) is 4.36. The average Bonchev–Trinajstić information content (AvgIpc) is 2.63. The number of fused-ring (bicyclic) bond motifs is 1. The van der Waals surface area contributed by atoms with E-state index in [1.807, 2.05) is 49.4 Å². The quantitative estimate of drug-likeness (QED) is 0.902. The number of hydrogen-bond donors (Lipinski definition) is 1. The highest BCUT2D eigenvalue weighted by molar-refractivity contribution is 5.95. The van der Waals surface area contributed by atoms with Crippen molar-refractivity contribution in [1.29, 1.82) is 0 Å². The predicted molar refractivity (Wildman–Crippen MR) is 99.6 cm³/mol. The monoisotopic (exact) mass is 340 g/mol. The molecule has 2 atom stereocenters. The van der Waals surface area contributed by atoms with Crippen LogP contribution >= 0.6 is 0 Å². The number of anilines is 2. The van der Waals surface area contributed by atoms with Crippen molar-refractivity contribution in [3.8, 4) is 11.5 Å². The Morgan fingerprint density at radius 2 is 1.60 bits per heavy atom. The van der Waals surface area contributed by atoms with Gasteiger partial charge in [-0.15, -0.1) is 0 Å². The molecular weight excluding hydrogens is 316 g/mol. The van der Waals surface area contributed by atoms with E-state index in [4.69, 9.17) is 9.47 Å². The van der Waals surface area contributed by atoms with Crippen molar-refractivity contribution in [2.75, 3.05) is 23.3 Å². The van der Waals surface area contributed by atoms with Crippen LogP contribution in [-0.4, -0.2) is 31.2 Å². The molecule has 5 heteroatoms. The van der Waals surface area contributed by atoms with E-state index in [0.29, 0.717) is 11.5 Å². The van der Waals surface area contributed by atoms with Crippen molar-refractivity contribution in [3.63, 3.8) is 0 Å². The summed E-state index contributed by atoms with van der Waals surface area (Å²) in [5.74, 6) is 1.05. The highest BCUT2D eigenvalue weighted by atomic mass is 16.6. The molecule has 0 saturated heterocycles. The zero-order valence-corrected chi connectivity index (χ0v) is 14.9. The standard InChI is InChI=1S/C20H24N2O3/c1-4-22(5-2)16-12-10-15(11-13-16)21-20(23)19-14(3)24-17-8-6-7-9-18(17)25-19/h6-14,19H,4-5H2,1-3H3,(H,21,23). The lowest BCUT2D eigenvalue weighted by Gasteiger charge is -2.31. The summed E-state index contributed by atoms with van der Waals surface area (Å²) in [5.41, 5.74) is 1.89. The summed E-state index contributed by atoms with van der Waals surface area (Å²) in [5, 5.41) is 2.91. The molecule has 0 aliphatic carbocycles. The van der Waals surface area contributed by atoms with Crippen molar-refractivity contribution in [3.05, 3.63) is 48.5 Å². The molecule has 0 fully saturated rings. The first-order valence-electron chi connectivity index (χ1n) is 8.70. The summed E-state index contributed by atoms with van der Waals surface area (Å²) < 4.78 is 11.6. The maximum atomic E-state index is 12.6. The van der Waals surface area contributed by atoms with Crippen LogP contribution in [0.3, 0.4) is 0 Å². The molecule has 0 aromatic heterocycles. The second kappa shape index (κ2) is 7.47. The molecule has 0 bridgehead atoms. The normalized spacial score (nSPS) is 18.5. The lowest BCUT2D eigenvalue weighted by Crippen LogP contribution is -2.46. The van der Waals surface area contributed by atoms with Crippen LogP contribution in [0.4, 0.5) is 11.4 Å². The smallest absolute Gasteiger partial charge is 0.269 e. The number of nitrogens with zero attached hydrogens (tertiary/aromatic N) is 1. The van der Waals surface area contributed by atoms with Crippen LogP contribution in [0.5, 0.6) is 11.5 Å². The van der Waals surface area contributed by atoms with E-state index in [2.05, 4.69) is 24.1 Å². The molecule has 0 saturated carbocycles. The summed E-state index contributed by atoms with van der Waals surface area (Å²) >= 11 is 0. The average molecular weight is 340 g/mol. The number of ether oxygens (including phenoxy) is 2. The third-order valence-electron chi connectivity index (χ3n) is 4.36. The van der Waals surface area contributed by atoms with Crippen LogP contribution in [0, 0.1) is 0 Å². The molecule has 1 heterocycles. The van der Waals surface area contributed by atoms with Gasteiger partial charge in [0.1, 0.15) is 6.10 Å². The Morgan fingerprint density at radius 1 is 1.00 bits per heavy atom. The Balaban J connectivity index is 1.68. The number of carbonyl (C=O) groups excluding carboxylic acids is 1. The summed E-state index contributed by atoms with van der Waals surface area (Å²) in [7, 11) is 0. The number of amides is 1. The minimum atomic E-state index is -0.683. The number of rotatable bonds is 5. The Bertz CT molecular complexity index is 726. The van der Waals surface area contributed by atoms with Crippen LogP contribution in [-0.2, 0) is 4.79 Å². The van der Waals surface area contributed by atoms with E-state index in [9.17, 15) is 4.79 Å². The van der Waals surface area contributed by atoms with Gasteiger partial charge in [0, 0.05) is 24.5 Å². The minimum Gasteiger partial charge on any atom is -0.482 e. The molecule has 2 unspecified atom stereocenters. The molecule has 1 N–H and O–H groups in total. The molecule has 5 nitrogen and oxygen atoms in total. The molecule has 0 spiro atoms. The Morgan fingerprint density at radius 3 is 2.20 bits per heavy atom. The van der Waals surface area contributed by atoms with E-state index < -0.39 is 6.10 Å². The fourth-order valence-electron chi connectivity index (χ4n) is 2.96. The predicted octanol–water partition coefficient (Wildman–Crippen LogP) is 3.70. The largest absolute Gasteiger partial charge is 0.482 e. The number of hydrogen-bond acceptors (Lipinski definition) is 4. The van der Waals surface area contributed by atoms with Crippen LogP contribution in [0.15, 0.2) is 48.5 Å². The van der Waals surface area contributed by atoms with E-state index in [1.54, 1.807) is 6.07 Å². The highest BCUT2D eigenvalue weighted by Gasteiger charge is 2.34. The van der Waals surface area contributed by atoms with Crippen molar-refractivity contribution in [1.82, 2.24) is 0 Å². The topological polar surface area (TPSA) is 50.8 Å². The Hall–Kier alpha value is -2.69. The molecule has 0 radical (unpaired) electrons. The van der Waals surface area contributed by atoms with Crippen molar-refractivity contribution >= 4 is 17.3 Å². The lowest BCUT2D eigenvalue weighted by atomic mass is 10.1. The van der Waals surface area contributed by atoms with Gasteiger partial charge < -0.3 is 19.7 Å². The van der Waals surface area contributed by atoms with E-state index in [1.165, 1.54) is 0 Å². The summed E-state index contributed by atoms with van der Waals surface area (Å²) in [4.78, 5) is 14.8. The maximum Gasteiger partial charge on any atom is 0.269 e. The van der Waals surface area contributed by atoms with Gasteiger partial charge in [-0.05, 0) is 57.2 Å². The zero-order valence-electron chi connectivity index (χ0n) is 14.9. The molecule has 1 aliphatic heterocycles. The Kier molecular flexibility index (Phi) is 5.12. The third kappa shape index (κ3) is 3.71. The van der Waals surface area contributed by atoms with Crippen LogP contribution in [0.1, 0.15) is 20.8 Å². The maximum absolute atomic E-state index is 12.6. The van der Waals surface area contributed by atoms with Gasteiger partial charge in [0.25, 0.3) is 5.91 Å². The second-order valence-corrected chi connectivity index (χ2v) is 6.02. The fourth-order valence-corrected chi connectivity index (χ4v) is 2.96. The SMILES string of the molecule is CCN(CC)c1ccc(NC(=O)C2Oc3ccccc3OC2C)cc1. The number of para-hydroxylation sites is 2. The van der Waals surface area contributed by atoms with Crippen LogP contribution in [0.25, 0.3) is 0 Å². The van der Waals surface area contributed by atoms with Crippen molar-refractivity contribution in [2.24, 2.45) is 0 Å². The van der Waals surface area contributed by atoms with Crippen LogP contribution < -0.4 is 19.7 Å². The van der Waals surface area contributed by atoms with Crippen molar-refractivity contribution in [2.45, 2.75) is 33.0 Å². The van der Waals surface area contributed by atoms with Gasteiger partial charge in [-0.1, -0.05) is 12.1 Å². The molecular formula is C20H24N2O3. The zero-order chi connectivity index (χ0) is 17.8. The summed E-state index contributed by atoms with van der Waals surface area (Å²) in [6, 6.07) is 15.2. The number of benzene rings is 2. The minimum absolute atomic E-state index is 0.211. The molecule has 132 valence electrons. The van der Waals surface area contributed by atoms with Gasteiger partial charge in [-0.25, -0.2) is 0 Å².